The normalized spacial score (nSPS) is 9.23. The van der Waals surface area contributed by atoms with Crippen LogP contribution in [0.5, 0.6) is 5.75 Å². The van der Waals surface area contributed by atoms with E-state index < -0.39 is 0 Å². The zero-order valence-electron chi connectivity index (χ0n) is 12.0. The summed E-state index contributed by atoms with van der Waals surface area (Å²) in [5, 5.41) is 30.4. The molecule has 1 heterocycles. The molecule has 0 atom stereocenters. The maximum Gasteiger partial charge on any atom is 0.163 e. The highest BCUT2D eigenvalue weighted by molar-refractivity contribution is 5.96. The highest BCUT2D eigenvalue weighted by atomic mass is 16.5. The minimum absolute atomic E-state index is 0.1000. The van der Waals surface area contributed by atoms with E-state index in [1.54, 1.807) is 31.4 Å². The second-order valence-electron chi connectivity index (χ2n) is 4.37. The van der Waals surface area contributed by atoms with Crippen molar-refractivity contribution in [2.45, 2.75) is 6.92 Å². The first-order valence-corrected chi connectivity index (χ1v) is 6.30. The molecule has 1 aromatic heterocycles. The number of allylic oxidation sites excluding steroid dienone is 2. The van der Waals surface area contributed by atoms with Gasteiger partial charge in [-0.05, 0) is 31.2 Å². The minimum Gasteiger partial charge on any atom is -0.494 e. The number of aryl methyl sites for hydroxylation is 1. The van der Waals surface area contributed by atoms with Crippen molar-refractivity contribution in [2.24, 2.45) is 0 Å². The third-order valence-corrected chi connectivity index (χ3v) is 3.02. The summed E-state index contributed by atoms with van der Waals surface area (Å²) in [7, 11) is 1.55. The van der Waals surface area contributed by atoms with Crippen molar-refractivity contribution in [3.05, 3.63) is 41.2 Å². The van der Waals surface area contributed by atoms with Gasteiger partial charge in [0.25, 0.3) is 0 Å². The summed E-state index contributed by atoms with van der Waals surface area (Å²) in [5.74, 6) is 0.604. The van der Waals surface area contributed by atoms with Crippen molar-refractivity contribution in [3.63, 3.8) is 0 Å². The van der Waals surface area contributed by atoms with Gasteiger partial charge < -0.3 is 10.1 Å². The number of ether oxygens (including phenoxy) is 1. The number of pyridine rings is 1. The lowest BCUT2D eigenvalue weighted by Gasteiger charge is -2.11. The Hall–Kier alpha value is -3.56. The molecule has 6 heteroatoms. The molecule has 0 spiro atoms. The number of fused-ring (bicyclic) bond motifs is 1. The summed E-state index contributed by atoms with van der Waals surface area (Å²) in [6, 6.07) is 12.3. The van der Waals surface area contributed by atoms with Crippen LogP contribution in [0.1, 0.15) is 5.69 Å². The number of hydrogen-bond donors (Lipinski definition) is 1. The number of nitriles is 3. The van der Waals surface area contributed by atoms with E-state index in [9.17, 15) is 0 Å². The van der Waals surface area contributed by atoms with Gasteiger partial charge in [-0.25, -0.2) is 4.98 Å². The summed E-state index contributed by atoms with van der Waals surface area (Å²) < 4.78 is 5.29. The third-order valence-electron chi connectivity index (χ3n) is 3.02. The van der Waals surface area contributed by atoms with Crippen LogP contribution in [0.2, 0.25) is 0 Å². The fraction of sp³-hybridized carbons (Fsp3) is 0.125. The largest absolute Gasteiger partial charge is 0.494 e. The maximum atomic E-state index is 9.12. The van der Waals surface area contributed by atoms with Gasteiger partial charge in [0, 0.05) is 16.8 Å². The number of methoxy groups -OCH3 is 1. The van der Waals surface area contributed by atoms with Crippen LogP contribution in [-0.4, -0.2) is 12.1 Å². The number of hydrogen-bond acceptors (Lipinski definition) is 6. The zero-order valence-corrected chi connectivity index (χ0v) is 12.0. The van der Waals surface area contributed by atoms with Gasteiger partial charge in [0.05, 0.1) is 7.11 Å². The Kier molecular flexibility index (Phi) is 4.22. The Balaban J connectivity index is 2.64. The number of anilines is 1. The van der Waals surface area contributed by atoms with Crippen LogP contribution in [0.4, 0.5) is 5.69 Å². The van der Waals surface area contributed by atoms with Gasteiger partial charge >= 0.3 is 0 Å². The highest BCUT2D eigenvalue weighted by Gasteiger charge is 2.11. The van der Waals surface area contributed by atoms with Crippen LogP contribution >= 0.6 is 0 Å². The van der Waals surface area contributed by atoms with E-state index >= 15 is 0 Å². The molecule has 2 rings (SSSR count). The molecule has 0 fully saturated rings. The van der Waals surface area contributed by atoms with Crippen LogP contribution in [-0.2, 0) is 0 Å². The topological polar surface area (TPSA) is 106 Å². The monoisotopic (exact) mass is 289 g/mol. The first kappa shape index (κ1) is 14.8. The molecule has 0 radical (unpaired) electrons. The van der Waals surface area contributed by atoms with E-state index in [-0.39, 0.29) is 11.3 Å². The lowest BCUT2D eigenvalue weighted by atomic mass is 10.1. The van der Waals surface area contributed by atoms with Gasteiger partial charge in [0.15, 0.2) is 5.57 Å². The fourth-order valence-corrected chi connectivity index (χ4v) is 1.98. The third kappa shape index (κ3) is 2.65. The van der Waals surface area contributed by atoms with E-state index in [0.717, 1.165) is 11.1 Å². The summed E-state index contributed by atoms with van der Waals surface area (Å²) in [6.07, 6.45) is 0. The van der Waals surface area contributed by atoms with Crippen LogP contribution in [0.25, 0.3) is 10.9 Å². The number of nitrogens with one attached hydrogen (secondary N) is 1. The van der Waals surface area contributed by atoms with Crippen molar-refractivity contribution < 1.29 is 4.74 Å². The highest BCUT2D eigenvalue weighted by Crippen LogP contribution is 2.31. The van der Waals surface area contributed by atoms with Crippen LogP contribution in [0, 0.1) is 40.9 Å². The number of rotatable bonds is 3. The molecule has 106 valence electrons. The molecule has 1 aromatic carbocycles. The Labute approximate surface area is 127 Å². The van der Waals surface area contributed by atoms with Crippen LogP contribution in [0.15, 0.2) is 35.5 Å². The molecular weight excluding hydrogens is 278 g/mol. The van der Waals surface area contributed by atoms with Gasteiger partial charge in [-0.1, -0.05) is 0 Å². The average Bonchev–Trinajstić information content (AvgIpc) is 2.54. The summed E-state index contributed by atoms with van der Waals surface area (Å²) >= 11 is 0. The fourth-order valence-electron chi connectivity index (χ4n) is 1.98. The SMILES string of the molecule is COc1ccc(NC(C#N)=C(C#N)C#N)c2ccc(C)nc12. The van der Waals surface area contributed by atoms with Gasteiger partial charge in [-0.3, -0.25) is 0 Å². The van der Waals surface area contributed by atoms with E-state index in [1.807, 2.05) is 25.1 Å². The molecule has 0 aliphatic rings. The van der Waals surface area contributed by atoms with Crippen molar-refractivity contribution in [3.8, 4) is 24.0 Å². The van der Waals surface area contributed by atoms with E-state index in [2.05, 4.69) is 10.3 Å². The molecule has 1 N–H and O–H groups in total. The van der Waals surface area contributed by atoms with Crippen molar-refractivity contribution in [2.75, 3.05) is 12.4 Å². The van der Waals surface area contributed by atoms with Gasteiger partial charge in [0.2, 0.25) is 0 Å². The average molecular weight is 289 g/mol. The lowest BCUT2D eigenvalue weighted by Crippen LogP contribution is -2.02. The van der Waals surface area contributed by atoms with Crippen molar-refractivity contribution in [1.82, 2.24) is 4.98 Å². The van der Waals surface area contributed by atoms with Gasteiger partial charge in [-0.2, -0.15) is 15.8 Å². The quantitative estimate of drug-likeness (QED) is 0.871. The Morgan fingerprint density at radius 1 is 1.09 bits per heavy atom. The predicted molar refractivity (Wildman–Crippen MR) is 80.5 cm³/mol. The molecule has 0 bridgehead atoms. The number of benzene rings is 1. The first-order valence-electron chi connectivity index (χ1n) is 6.30. The lowest BCUT2D eigenvalue weighted by molar-refractivity contribution is 0.419. The molecule has 0 aliphatic carbocycles. The van der Waals surface area contributed by atoms with Crippen LogP contribution in [0.3, 0.4) is 0 Å². The second kappa shape index (κ2) is 6.26. The first-order chi connectivity index (χ1) is 10.6. The molecule has 0 unspecified atom stereocenters. The predicted octanol–water partition coefficient (Wildman–Crippen LogP) is 2.79. The number of aromatic nitrogens is 1. The smallest absolute Gasteiger partial charge is 0.163 e. The van der Waals surface area contributed by atoms with Crippen molar-refractivity contribution in [1.29, 1.82) is 15.8 Å². The van der Waals surface area contributed by atoms with Gasteiger partial charge in [0.1, 0.15) is 35.2 Å². The molecule has 6 nitrogen and oxygen atoms in total. The van der Waals surface area contributed by atoms with E-state index in [0.29, 0.717) is 17.0 Å². The van der Waals surface area contributed by atoms with E-state index in [4.69, 9.17) is 20.5 Å². The van der Waals surface area contributed by atoms with Crippen LogP contribution < -0.4 is 10.1 Å². The van der Waals surface area contributed by atoms with Gasteiger partial charge in [-0.15, -0.1) is 0 Å². The zero-order chi connectivity index (χ0) is 16.1. The molecule has 0 saturated carbocycles. The second-order valence-corrected chi connectivity index (χ2v) is 4.37. The molecule has 22 heavy (non-hydrogen) atoms. The van der Waals surface area contributed by atoms with E-state index in [1.165, 1.54) is 0 Å². The summed E-state index contributed by atoms with van der Waals surface area (Å²) in [4.78, 5) is 4.43. The van der Waals surface area contributed by atoms with Crippen molar-refractivity contribution >= 4 is 16.6 Å². The minimum atomic E-state index is -0.272. The molecule has 0 aliphatic heterocycles. The molecule has 0 amide bonds. The Morgan fingerprint density at radius 2 is 1.82 bits per heavy atom. The molecule has 2 aromatic rings. The Bertz CT molecular complexity index is 878. The summed E-state index contributed by atoms with van der Waals surface area (Å²) in [5.41, 5.74) is 1.67. The molecular formula is C16H11N5O. The number of nitrogens with zero attached hydrogens (tertiary/aromatic N) is 4. The standard InChI is InChI=1S/C16H11N5O/c1-10-3-4-12-13(5-6-15(22-2)16(12)20-10)21-14(9-19)11(7-17)8-18/h3-6,21H,1-2H3. The molecule has 0 saturated heterocycles. The Morgan fingerprint density at radius 3 is 2.41 bits per heavy atom. The maximum absolute atomic E-state index is 9.12. The summed E-state index contributed by atoms with van der Waals surface area (Å²) in [6.45, 7) is 1.86.